The number of para-hydroxylation sites is 1. The zero-order valence-electron chi connectivity index (χ0n) is 10.1. The number of methoxy groups -OCH3 is 1. The lowest BCUT2D eigenvalue weighted by Crippen LogP contribution is -1.92. The number of hydrogen-bond acceptors (Lipinski definition) is 2. The van der Waals surface area contributed by atoms with E-state index in [0.29, 0.717) is 6.61 Å². The first kappa shape index (κ1) is 11.5. The van der Waals surface area contributed by atoms with Crippen LogP contribution in [0.4, 0.5) is 0 Å². The van der Waals surface area contributed by atoms with Gasteiger partial charge >= 0.3 is 0 Å². The minimum atomic E-state index is 0.645. The number of ether oxygens (including phenoxy) is 2. The summed E-state index contributed by atoms with van der Waals surface area (Å²) >= 11 is 0. The van der Waals surface area contributed by atoms with Crippen LogP contribution in [0.2, 0.25) is 0 Å². The molecule has 2 heteroatoms. The maximum Gasteiger partial charge on any atom is 0.127 e. The highest BCUT2D eigenvalue weighted by Gasteiger charge is 2.05. The Bertz CT molecular complexity index is 492. The maximum absolute atomic E-state index is 5.45. The Labute approximate surface area is 102 Å². The van der Waals surface area contributed by atoms with Gasteiger partial charge in [0.05, 0.1) is 13.7 Å². The summed E-state index contributed by atoms with van der Waals surface area (Å²) in [4.78, 5) is 0. The van der Waals surface area contributed by atoms with Crippen LogP contribution in [-0.2, 0) is 0 Å². The van der Waals surface area contributed by atoms with Crippen LogP contribution in [0.25, 0.3) is 11.1 Å². The van der Waals surface area contributed by atoms with Gasteiger partial charge in [0.25, 0.3) is 0 Å². The molecule has 0 saturated carbocycles. The molecule has 0 aliphatic heterocycles. The molecule has 87 valence electrons. The van der Waals surface area contributed by atoms with E-state index in [-0.39, 0.29) is 0 Å². The number of benzene rings is 2. The normalized spacial score (nSPS) is 10.0. The Morgan fingerprint density at radius 2 is 2.00 bits per heavy atom. The van der Waals surface area contributed by atoms with Gasteiger partial charge in [-0.1, -0.05) is 24.3 Å². The third kappa shape index (κ3) is 2.59. The van der Waals surface area contributed by atoms with Gasteiger partial charge in [-0.2, -0.15) is 0 Å². The first-order valence-electron chi connectivity index (χ1n) is 5.63. The molecule has 0 aliphatic rings. The summed E-state index contributed by atoms with van der Waals surface area (Å²) in [6, 6.07) is 16.8. The van der Waals surface area contributed by atoms with Crippen LogP contribution in [-0.4, -0.2) is 13.7 Å². The summed E-state index contributed by atoms with van der Waals surface area (Å²) in [5.41, 5.74) is 2.13. The van der Waals surface area contributed by atoms with Crippen molar-refractivity contribution in [3.63, 3.8) is 0 Å². The molecule has 0 amide bonds. The van der Waals surface area contributed by atoms with Crippen LogP contribution in [0, 0.1) is 6.07 Å². The minimum absolute atomic E-state index is 0.645. The smallest absolute Gasteiger partial charge is 0.127 e. The molecule has 0 unspecified atom stereocenters. The Hall–Kier alpha value is -1.96. The Kier molecular flexibility index (Phi) is 3.66. The second-order valence-electron chi connectivity index (χ2n) is 3.57. The van der Waals surface area contributed by atoms with Crippen LogP contribution in [0.3, 0.4) is 0 Å². The van der Waals surface area contributed by atoms with Crippen LogP contribution in [0.1, 0.15) is 6.92 Å². The third-order valence-electron chi connectivity index (χ3n) is 2.49. The average molecular weight is 227 g/mol. The fourth-order valence-electron chi connectivity index (χ4n) is 1.73. The van der Waals surface area contributed by atoms with Gasteiger partial charge in [-0.25, -0.2) is 0 Å². The second kappa shape index (κ2) is 5.39. The molecule has 2 aromatic carbocycles. The molecule has 0 fully saturated rings. The van der Waals surface area contributed by atoms with Crippen molar-refractivity contribution >= 4 is 0 Å². The van der Waals surface area contributed by atoms with Crippen molar-refractivity contribution in [2.45, 2.75) is 6.92 Å². The predicted octanol–water partition coefficient (Wildman–Crippen LogP) is 3.56. The van der Waals surface area contributed by atoms with Crippen molar-refractivity contribution in [3.05, 3.63) is 48.5 Å². The van der Waals surface area contributed by atoms with Gasteiger partial charge in [0.1, 0.15) is 11.5 Å². The number of rotatable bonds is 4. The number of hydrogen-bond donors (Lipinski definition) is 0. The van der Waals surface area contributed by atoms with Gasteiger partial charge in [0, 0.05) is 11.6 Å². The molecular weight excluding hydrogens is 212 g/mol. The van der Waals surface area contributed by atoms with E-state index in [0.717, 1.165) is 22.6 Å². The molecule has 2 rings (SSSR count). The molecule has 0 atom stereocenters. The second-order valence-corrected chi connectivity index (χ2v) is 3.57. The van der Waals surface area contributed by atoms with E-state index in [1.54, 1.807) is 7.11 Å². The summed E-state index contributed by atoms with van der Waals surface area (Å²) in [6.45, 7) is 2.61. The molecule has 0 saturated heterocycles. The fourth-order valence-corrected chi connectivity index (χ4v) is 1.73. The largest absolute Gasteiger partial charge is 0.496 e. The van der Waals surface area contributed by atoms with Crippen molar-refractivity contribution in [2.75, 3.05) is 13.7 Å². The Morgan fingerprint density at radius 3 is 2.76 bits per heavy atom. The van der Waals surface area contributed by atoms with Crippen molar-refractivity contribution in [2.24, 2.45) is 0 Å². The predicted molar refractivity (Wildman–Crippen MR) is 68.4 cm³/mol. The van der Waals surface area contributed by atoms with Gasteiger partial charge in [-0.15, -0.1) is 0 Å². The molecule has 0 bridgehead atoms. The van der Waals surface area contributed by atoms with E-state index in [9.17, 15) is 0 Å². The van der Waals surface area contributed by atoms with E-state index in [4.69, 9.17) is 9.47 Å². The molecule has 17 heavy (non-hydrogen) atoms. The standard InChI is InChI=1S/C15H15O2/c1-3-17-13-8-6-7-12(11-13)14-9-4-5-10-15(14)16-2/h4-7,9-11H,3H2,1-2H3. The summed E-state index contributed by atoms with van der Waals surface area (Å²) in [5.74, 6) is 1.62. The van der Waals surface area contributed by atoms with Crippen molar-refractivity contribution in [1.29, 1.82) is 0 Å². The maximum atomic E-state index is 5.45. The van der Waals surface area contributed by atoms with Crippen LogP contribution < -0.4 is 9.47 Å². The first-order valence-corrected chi connectivity index (χ1v) is 5.63. The Balaban J connectivity index is 2.41. The van der Waals surface area contributed by atoms with Crippen molar-refractivity contribution in [1.82, 2.24) is 0 Å². The topological polar surface area (TPSA) is 18.5 Å². The molecule has 0 spiro atoms. The van der Waals surface area contributed by atoms with Crippen LogP contribution in [0.15, 0.2) is 42.5 Å². The highest BCUT2D eigenvalue weighted by Crippen LogP contribution is 2.31. The Morgan fingerprint density at radius 1 is 1.18 bits per heavy atom. The molecule has 0 heterocycles. The zero-order chi connectivity index (χ0) is 12.1. The van der Waals surface area contributed by atoms with Gasteiger partial charge in [-0.3, -0.25) is 0 Å². The van der Waals surface area contributed by atoms with Crippen molar-refractivity contribution < 1.29 is 9.47 Å². The fraction of sp³-hybridized carbons (Fsp3) is 0.200. The molecule has 2 nitrogen and oxygen atoms in total. The van der Waals surface area contributed by atoms with E-state index < -0.39 is 0 Å². The summed E-state index contributed by atoms with van der Waals surface area (Å²) < 4.78 is 10.8. The minimum Gasteiger partial charge on any atom is -0.496 e. The van der Waals surface area contributed by atoms with Gasteiger partial charge in [0.15, 0.2) is 0 Å². The molecule has 0 aromatic heterocycles. The monoisotopic (exact) mass is 227 g/mol. The summed E-state index contributed by atoms with van der Waals surface area (Å²) in [7, 11) is 1.68. The lowest BCUT2D eigenvalue weighted by Gasteiger charge is -2.09. The highest BCUT2D eigenvalue weighted by atomic mass is 16.5. The van der Waals surface area contributed by atoms with E-state index in [2.05, 4.69) is 6.07 Å². The average Bonchev–Trinajstić information content (AvgIpc) is 2.39. The van der Waals surface area contributed by atoms with Crippen molar-refractivity contribution in [3.8, 4) is 22.6 Å². The lowest BCUT2D eigenvalue weighted by molar-refractivity contribution is 0.339. The van der Waals surface area contributed by atoms with E-state index in [1.807, 2.05) is 49.4 Å². The molecular formula is C15H15O2. The van der Waals surface area contributed by atoms with E-state index >= 15 is 0 Å². The quantitative estimate of drug-likeness (QED) is 0.795. The van der Waals surface area contributed by atoms with Gasteiger partial charge < -0.3 is 9.47 Å². The van der Waals surface area contributed by atoms with E-state index in [1.165, 1.54) is 0 Å². The summed E-state index contributed by atoms with van der Waals surface area (Å²) in [6.07, 6.45) is 0. The van der Waals surface area contributed by atoms with Gasteiger partial charge in [0.2, 0.25) is 0 Å². The van der Waals surface area contributed by atoms with Crippen LogP contribution in [0.5, 0.6) is 11.5 Å². The van der Waals surface area contributed by atoms with Crippen LogP contribution >= 0.6 is 0 Å². The molecule has 0 N–H and O–H groups in total. The summed E-state index contributed by atoms with van der Waals surface area (Å²) in [5, 5.41) is 0. The molecule has 2 aromatic rings. The van der Waals surface area contributed by atoms with Gasteiger partial charge in [-0.05, 0) is 30.7 Å². The molecule has 0 aliphatic carbocycles. The highest BCUT2D eigenvalue weighted by molar-refractivity contribution is 5.71. The zero-order valence-corrected chi connectivity index (χ0v) is 10.1. The SMILES string of the molecule is CCOc1[c]ccc(-c2ccccc2OC)c1. The molecule has 1 radical (unpaired) electrons. The third-order valence-corrected chi connectivity index (χ3v) is 2.49. The lowest BCUT2D eigenvalue weighted by atomic mass is 10.0. The first-order chi connectivity index (χ1) is 8.35.